The summed E-state index contributed by atoms with van der Waals surface area (Å²) in [6, 6.07) is 0.501. The molecular weight excluding hydrogens is 266 g/mol. The fraction of sp³-hybridized carbons (Fsp3) is 0.750. The molecule has 0 spiro atoms. The van der Waals surface area contributed by atoms with Gasteiger partial charge in [-0.15, -0.1) is 0 Å². The zero-order valence-electron chi connectivity index (χ0n) is 9.99. The molecule has 1 saturated carbocycles. The molecule has 2 rings (SSSR count). The number of nitrogens with two attached hydrogens (primary N) is 1. The van der Waals surface area contributed by atoms with E-state index < -0.39 is 0 Å². The van der Waals surface area contributed by atoms with Crippen molar-refractivity contribution in [2.45, 2.75) is 45.6 Å². The highest BCUT2D eigenvalue weighted by Gasteiger charge is 2.25. The van der Waals surface area contributed by atoms with Gasteiger partial charge in [-0.05, 0) is 53.4 Å². The van der Waals surface area contributed by atoms with Crippen LogP contribution in [0.1, 0.15) is 45.6 Å². The molecule has 0 unspecified atom stereocenters. The summed E-state index contributed by atoms with van der Waals surface area (Å²) in [7, 11) is 0. The van der Waals surface area contributed by atoms with E-state index in [1.807, 2.05) is 4.68 Å². The van der Waals surface area contributed by atoms with E-state index in [0.717, 1.165) is 22.1 Å². The quantitative estimate of drug-likeness (QED) is 0.902. The lowest BCUT2D eigenvalue weighted by Gasteiger charge is -2.31. The van der Waals surface area contributed by atoms with Gasteiger partial charge in [0.15, 0.2) is 0 Å². The average Bonchev–Trinajstić information content (AvgIpc) is 2.60. The molecule has 1 aliphatic rings. The first-order valence-corrected chi connectivity index (χ1v) is 6.87. The highest BCUT2D eigenvalue weighted by atomic mass is 79.9. The molecule has 0 amide bonds. The molecular formula is C12H20BrN3. The molecule has 1 aromatic heterocycles. The summed E-state index contributed by atoms with van der Waals surface area (Å²) in [6.45, 7) is 4.65. The van der Waals surface area contributed by atoms with Crippen LogP contribution in [0.2, 0.25) is 0 Å². The first-order chi connectivity index (χ1) is 7.59. The van der Waals surface area contributed by atoms with Gasteiger partial charge in [-0.2, -0.15) is 5.10 Å². The summed E-state index contributed by atoms with van der Waals surface area (Å²) < 4.78 is 2.90. The number of anilines is 1. The van der Waals surface area contributed by atoms with Crippen LogP contribution < -0.4 is 5.73 Å². The van der Waals surface area contributed by atoms with Gasteiger partial charge in [0.2, 0.25) is 0 Å². The minimum Gasteiger partial charge on any atom is -0.383 e. The fourth-order valence-electron chi connectivity index (χ4n) is 2.65. The molecule has 90 valence electrons. The van der Waals surface area contributed by atoms with Gasteiger partial charge < -0.3 is 5.73 Å². The number of hydrogen-bond acceptors (Lipinski definition) is 2. The standard InChI is InChI=1S/C12H20BrN3/c1-8(2)9-3-5-10(6-4-9)16-12(14)11(13)7-15-16/h7-10H,3-6,14H2,1-2H3. The lowest BCUT2D eigenvalue weighted by molar-refractivity contribution is 0.218. The van der Waals surface area contributed by atoms with Crippen molar-refractivity contribution in [3.05, 3.63) is 10.7 Å². The van der Waals surface area contributed by atoms with Gasteiger partial charge in [-0.25, -0.2) is 4.68 Å². The Bertz CT molecular complexity index is 351. The maximum atomic E-state index is 5.98. The smallest absolute Gasteiger partial charge is 0.136 e. The molecule has 1 heterocycles. The van der Waals surface area contributed by atoms with E-state index in [4.69, 9.17) is 5.73 Å². The molecule has 1 fully saturated rings. The number of nitrogens with zero attached hydrogens (tertiary/aromatic N) is 2. The Hall–Kier alpha value is -0.510. The second kappa shape index (κ2) is 4.78. The molecule has 4 heteroatoms. The third kappa shape index (κ3) is 2.26. The van der Waals surface area contributed by atoms with Gasteiger partial charge in [-0.1, -0.05) is 13.8 Å². The van der Waals surface area contributed by atoms with Crippen LogP contribution in [0.4, 0.5) is 5.82 Å². The Morgan fingerprint density at radius 1 is 1.38 bits per heavy atom. The molecule has 2 N–H and O–H groups in total. The normalized spacial score (nSPS) is 26.2. The SMILES string of the molecule is CC(C)C1CCC(n2ncc(Br)c2N)CC1. The number of aromatic nitrogens is 2. The topological polar surface area (TPSA) is 43.8 Å². The Labute approximate surface area is 106 Å². The highest BCUT2D eigenvalue weighted by Crippen LogP contribution is 2.37. The van der Waals surface area contributed by atoms with Crippen LogP contribution in [-0.4, -0.2) is 9.78 Å². The van der Waals surface area contributed by atoms with E-state index >= 15 is 0 Å². The summed E-state index contributed by atoms with van der Waals surface area (Å²) in [4.78, 5) is 0. The predicted octanol–water partition coefficient (Wildman–Crippen LogP) is 3.62. The van der Waals surface area contributed by atoms with Crippen LogP contribution in [0.3, 0.4) is 0 Å². The predicted molar refractivity (Wildman–Crippen MR) is 70.2 cm³/mol. The first kappa shape index (κ1) is 12.0. The molecule has 1 aromatic rings. The first-order valence-electron chi connectivity index (χ1n) is 6.08. The van der Waals surface area contributed by atoms with E-state index in [0.29, 0.717) is 6.04 Å². The molecule has 0 aromatic carbocycles. The highest BCUT2D eigenvalue weighted by molar-refractivity contribution is 9.10. The zero-order valence-corrected chi connectivity index (χ0v) is 11.6. The summed E-state index contributed by atoms with van der Waals surface area (Å²) in [6.07, 6.45) is 6.82. The average molecular weight is 286 g/mol. The van der Waals surface area contributed by atoms with Crippen molar-refractivity contribution in [3.8, 4) is 0 Å². The van der Waals surface area contributed by atoms with E-state index in [-0.39, 0.29) is 0 Å². The minimum atomic E-state index is 0.501. The van der Waals surface area contributed by atoms with Crippen molar-refractivity contribution < 1.29 is 0 Å². The lowest BCUT2D eigenvalue weighted by atomic mass is 9.80. The monoisotopic (exact) mass is 285 g/mol. The minimum absolute atomic E-state index is 0.501. The van der Waals surface area contributed by atoms with Gasteiger partial charge in [0, 0.05) is 0 Å². The molecule has 3 nitrogen and oxygen atoms in total. The third-order valence-electron chi connectivity index (χ3n) is 3.82. The molecule has 0 aliphatic heterocycles. The molecule has 0 saturated heterocycles. The summed E-state index contributed by atoms with van der Waals surface area (Å²) in [5.74, 6) is 2.46. The largest absolute Gasteiger partial charge is 0.383 e. The van der Waals surface area contributed by atoms with Crippen LogP contribution >= 0.6 is 15.9 Å². The fourth-order valence-corrected chi connectivity index (χ4v) is 2.93. The molecule has 0 radical (unpaired) electrons. The maximum absolute atomic E-state index is 5.98. The second-order valence-electron chi connectivity index (χ2n) is 5.13. The van der Waals surface area contributed by atoms with Crippen LogP contribution in [0, 0.1) is 11.8 Å². The van der Waals surface area contributed by atoms with Crippen LogP contribution in [-0.2, 0) is 0 Å². The molecule has 1 aliphatic carbocycles. The number of hydrogen-bond donors (Lipinski definition) is 1. The Morgan fingerprint density at radius 3 is 2.44 bits per heavy atom. The Kier molecular flexibility index (Phi) is 3.57. The summed E-state index contributed by atoms with van der Waals surface area (Å²) in [5.41, 5.74) is 5.98. The Morgan fingerprint density at radius 2 is 2.00 bits per heavy atom. The van der Waals surface area contributed by atoms with Crippen molar-refractivity contribution in [1.82, 2.24) is 9.78 Å². The van der Waals surface area contributed by atoms with Crippen LogP contribution in [0.15, 0.2) is 10.7 Å². The summed E-state index contributed by atoms with van der Waals surface area (Å²) >= 11 is 3.41. The van der Waals surface area contributed by atoms with E-state index in [1.54, 1.807) is 6.20 Å². The van der Waals surface area contributed by atoms with E-state index in [2.05, 4.69) is 34.9 Å². The second-order valence-corrected chi connectivity index (χ2v) is 5.99. The van der Waals surface area contributed by atoms with Gasteiger partial charge in [0.1, 0.15) is 5.82 Å². The van der Waals surface area contributed by atoms with Crippen LogP contribution in [0.5, 0.6) is 0 Å². The van der Waals surface area contributed by atoms with Crippen molar-refractivity contribution >= 4 is 21.7 Å². The van der Waals surface area contributed by atoms with Crippen molar-refractivity contribution in [2.24, 2.45) is 11.8 Å². The maximum Gasteiger partial charge on any atom is 0.136 e. The van der Waals surface area contributed by atoms with E-state index in [1.165, 1.54) is 25.7 Å². The molecule has 0 atom stereocenters. The molecule has 0 bridgehead atoms. The Balaban J connectivity index is 2.02. The lowest BCUT2D eigenvalue weighted by Crippen LogP contribution is -2.22. The van der Waals surface area contributed by atoms with Gasteiger partial charge in [-0.3, -0.25) is 0 Å². The van der Waals surface area contributed by atoms with Gasteiger partial charge in [0.25, 0.3) is 0 Å². The number of rotatable bonds is 2. The summed E-state index contributed by atoms with van der Waals surface area (Å²) in [5, 5.41) is 4.35. The molecule has 16 heavy (non-hydrogen) atoms. The van der Waals surface area contributed by atoms with Crippen molar-refractivity contribution in [1.29, 1.82) is 0 Å². The van der Waals surface area contributed by atoms with Crippen LogP contribution in [0.25, 0.3) is 0 Å². The van der Waals surface area contributed by atoms with E-state index in [9.17, 15) is 0 Å². The number of halogens is 1. The number of nitrogen functional groups attached to an aromatic ring is 1. The van der Waals surface area contributed by atoms with Crippen molar-refractivity contribution in [2.75, 3.05) is 5.73 Å². The van der Waals surface area contributed by atoms with Gasteiger partial charge in [0.05, 0.1) is 16.7 Å². The third-order valence-corrected chi connectivity index (χ3v) is 4.43. The van der Waals surface area contributed by atoms with Crippen molar-refractivity contribution in [3.63, 3.8) is 0 Å². The zero-order chi connectivity index (χ0) is 11.7. The van der Waals surface area contributed by atoms with Gasteiger partial charge >= 0.3 is 0 Å².